The molecular weight excluding hydrogens is 270 g/mol. The SMILES string of the molecule is CCN(CC(C)C#N)S(=O)(=O)N(C)CC(C)C(=O)O. The van der Waals surface area contributed by atoms with Crippen LogP contribution < -0.4 is 0 Å². The standard InChI is InChI=1S/C11H21N3O4S/c1-5-14(7-9(2)6-12)19(17,18)13(4)8-10(3)11(15)16/h9-10H,5,7-8H2,1-4H3,(H,15,16). The predicted octanol–water partition coefficient (Wildman–Crippen LogP) is 0.365. The molecule has 1 N–H and O–H groups in total. The highest BCUT2D eigenvalue weighted by atomic mass is 32.2. The summed E-state index contributed by atoms with van der Waals surface area (Å²) in [6.45, 7) is 4.99. The second kappa shape index (κ2) is 7.43. The minimum absolute atomic E-state index is 0.0983. The van der Waals surface area contributed by atoms with E-state index in [0.29, 0.717) is 0 Å². The van der Waals surface area contributed by atoms with Crippen molar-refractivity contribution in [1.82, 2.24) is 8.61 Å². The molecule has 0 saturated heterocycles. The molecule has 0 radical (unpaired) electrons. The molecule has 19 heavy (non-hydrogen) atoms. The zero-order valence-corrected chi connectivity index (χ0v) is 12.5. The van der Waals surface area contributed by atoms with Crippen LogP contribution in [0.2, 0.25) is 0 Å². The van der Waals surface area contributed by atoms with E-state index in [-0.39, 0.29) is 19.6 Å². The van der Waals surface area contributed by atoms with Crippen molar-refractivity contribution in [2.45, 2.75) is 20.8 Å². The summed E-state index contributed by atoms with van der Waals surface area (Å²) in [7, 11) is -2.39. The van der Waals surface area contributed by atoms with E-state index in [0.717, 1.165) is 4.31 Å². The molecule has 0 fully saturated rings. The van der Waals surface area contributed by atoms with Crippen LogP contribution in [0.4, 0.5) is 0 Å². The van der Waals surface area contributed by atoms with Gasteiger partial charge in [-0.05, 0) is 6.92 Å². The first-order valence-corrected chi connectivity index (χ1v) is 7.40. The Balaban J connectivity index is 4.92. The van der Waals surface area contributed by atoms with Crippen LogP contribution in [-0.2, 0) is 15.0 Å². The van der Waals surface area contributed by atoms with Gasteiger partial charge in [-0.1, -0.05) is 13.8 Å². The average molecular weight is 291 g/mol. The third kappa shape index (κ3) is 5.14. The lowest BCUT2D eigenvalue weighted by atomic mass is 10.2. The largest absolute Gasteiger partial charge is 0.481 e. The average Bonchev–Trinajstić information content (AvgIpc) is 2.34. The predicted molar refractivity (Wildman–Crippen MR) is 70.4 cm³/mol. The van der Waals surface area contributed by atoms with E-state index in [1.165, 1.54) is 18.3 Å². The molecular formula is C11H21N3O4S. The summed E-state index contributed by atoms with van der Waals surface area (Å²) in [6.07, 6.45) is 0. The Hall–Kier alpha value is -1.17. The molecule has 2 atom stereocenters. The molecule has 2 unspecified atom stereocenters. The monoisotopic (exact) mass is 291 g/mol. The van der Waals surface area contributed by atoms with Crippen molar-refractivity contribution in [2.75, 3.05) is 26.7 Å². The first-order chi connectivity index (χ1) is 8.66. The van der Waals surface area contributed by atoms with E-state index in [2.05, 4.69) is 0 Å². The summed E-state index contributed by atoms with van der Waals surface area (Å²) in [5, 5.41) is 17.5. The lowest BCUT2D eigenvalue weighted by molar-refractivity contribution is -0.141. The molecule has 0 aromatic rings. The molecule has 0 aliphatic heterocycles. The molecule has 0 amide bonds. The third-order valence-corrected chi connectivity index (χ3v) is 4.72. The molecule has 0 bridgehead atoms. The summed E-state index contributed by atoms with van der Waals surface area (Å²) in [5.41, 5.74) is 0. The Morgan fingerprint density at radius 1 is 1.37 bits per heavy atom. The van der Waals surface area contributed by atoms with E-state index in [1.807, 2.05) is 6.07 Å². The van der Waals surface area contributed by atoms with Crippen LogP contribution in [0.25, 0.3) is 0 Å². The third-order valence-electron chi connectivity index (χ3n) is 2.72. The van der Waals surface area contributed by atoms with Gasteiger partial charge in [0.25, 0.3) is 10.2 Å². The molecule has 7 nitrogen and oxygen atoms in total. The van der Waals surface area contributed by atoms with Gasteiger partial charge in [0.2, 0.25) is 0 Å². The number of nitriles is 1. The molecule has 0 aliphatic carbocycles. The molecule has 0 aromatic heterocycles. The molecule has 0 rings (SSSR count). The number of nitrogens with zero attached hydrogens (tertiary/aromatic N) is 3. The van der Waals surface area contributed by atoms with Crippen LogP contribution in [-0.4, -0.2) is 54.8 Å². The summed E-state index contributed by atoms with van der Waals surface area (Å²) in [6, 6.07) is 1.98. The zero-order valence-electron chi connectivity index (χ0n) is 11.7. The van der Waals surface area contributed by atoms with Crippen LogP contribution >= 0.6 is 0 Å². The number of carboxylic acids is 1. The molecule has 8 heteroatoms. The Bertz CT molecular complexity index is 443. The number of aliphatic carboxylic acids is 1. The lowest BCUT2D eigenvalue weighted by Gasteiger charge is -2.28. The number of hydrogen-bond donors (Lipinski definition) is 1. The normalized spacial score (nSPS) is 15.2. The smallest absolute Gasteiger partial charge is 0.307 e. The maximum absolute atomic E-state index is 12.2. The van der Waals surface area contributed by atoms with Gasteiger partial charge in [0.05, 0.1) is 17.9 Å². The molecule has 110 valence electrons. The second-order valence-electron chi connectivity index (χ2n) is 4.51. The molecule has 0 spiro atoms. The van der Waals surface area contributed by atoms with E-state index < -0.39 is 28.0 Å². The van der Waals surface area contributed by atoms with Gasteiger partial charge in [-0.25, -0.2) is 0 Å². The van der Waals surface area contributed by atoms with Crippen molar-refractivity contribution < 1.29 is 18.3 Å². The Kier molecular flexibility index (Phi) is 6.97. The molecule has 0 aliphatic rings. The highest BCUT2D eigenvalue weighted by Gasteiger charge is 2.29. The molecule has 0 saturated carbocycles. The first-order valence-electron chi connectivity index (χ1n) is 6.00. The van der Waals surface area contributed by atoms with Crippen LogP contribution in [0, 0.1) is 23.2 Å². The fourth-order valence-electron chi connectivity index (χ4n) is 1.49. The topological polar surface area (TPSA) is 102 Å². The van der Waals surface area contributed by atoms with Crippen LogP contribution in [0.1, 0.15) is 20.8 Å². The molecule has 0 heterocycles. The van der Waals surface area contributed by atoms with Gasteiger partial charge in [0, 0.05) is 26.7 Å². The van der Waals surface area contributed by atoms with Crippen molar-refractivity contribution in [3.63, 3.8) is 0 Å². The van der Waals surface area contributed by atoms with Crippen molar-refractivity contribution in [1.29, 1.82) is 5.26 Å². The van der Waals surface area contributed by atoms with E-state index in [9.17, 15) is 13.2 Å². The number of rotatable bonds is 8. The fraction of sp³-hybridized carbons (Fsp3) is 0.818. The number of carboxylic acid groups (broad SMARTS) is 1. The Morgan fingerprint density at radius 3 is 2.26 bits per heavy atom. The van der Waals surface area contributed by atoms with Gasteiger partial charge in [-0.2, -0.15) is 22.3 Å². The van der Waals surface area contributed by atoms with Gasteiger partial charge in [-0.15, -0.1) is 0 Å². The van der Waals surface area contributed by atoms with Gasteiger partial charge >= 0.3 is 5.97 Å². The first kappa shape index (κ1) is 17.8. The summed E-state index contributed by atoms with van der Waals surface area (Å²) < 4.78 is 26.6. The highest BCUT2D eigenvalue weighted by molar-refractivity contribution is 7.86. The maximum Gasteiger partial charge on any atom is 0.307 e. The second-order valence-corrected chi connectivity index (χ2v) is 6.54. The lowest BCUT2D eigenvalue weighted by Crippen LogP contribution is -2.45. The van der Waals surface area contributed by atoms with Gasteiger partial charge in [-0.3, -0.25) is 4.79 Å². The molecule has 0 aromatic carbocycles. The van der Waals surface area contributed by atoms with Crippen molar-refractivity contribution >= 4 is 16.2 Å². The van der Waals surface area contributed by atoms with E-state index in [4.69, 9.17) is 10.4 Å². The van der Waals surface area contributed by atoms with Gasteiger partial charge < -0.3 is 5.11 Å². The van der Waals surface area contributed by atoms with Crippen LogP contribution in [0.5, 0.6) is 0 Å². The van der Waals surface area contributed by atoms with Crippen molar-refractivity contribution in [2.24, 2.45) is 11.8 Å². The van der Waals surface area contributed by atoms with Crippen molar-refractivity contribution in [3.05, 3.63) is 0 Å². The Morgan fingerprint density at radius 2 is 1.89 bits per heavy atom. The van der Waals surface area contributed by atoms with Crippen molar-refractivity contribution in [3.8, 4) is 6.07 Å². The van der Waals surface area contributed by atoms with E-state index in [1.54, 1.807) is 13.8 Å². The highest BCUT2D eigenvalue weighted by Crippen LogP contribution is 2.11. The Labute approximate surface area is 114 Å². The summed E-state index contributed by atoms with van der Waals surface area (Å²) in [4.78, 5) is 10.7. The fourth-order valence-corrected chi connectivity index (χ4v) is 3.03. The zero-order chi connectivity index (χ0) is 15.2. The van der Waals surface area contributed by atoms with Gasteiger partial charge in [0.1, 0.15) is 0 Å². The van der Waals surface area contributed by atoms with E-state index >= 15 is 0 Å². The minimum atomic E-state index is -3.73. The maximum atomic E-state index is 12.2. The van der Waals surface area contributed by atoms with Crippen LogP contribution in [0.15, 0.2) is 0 Å². The number of hydrogen-bond acceptors (Lipinski definition) is 4. The van der Waals surface area contributed by atoms with Crippen LogP contribution in [0.3, 0.4) is 0 Å². The minimum Gasteiger partial charge on any atom is -0.481 e. The summed E-state index contributed by atoms with van der Waals surface area (Å²) in [5.74, 6) is -2.25. The van der Waals surface area contributed by atoms with Gasteiger partial charge in [0.15, 0.2) is 0 Å². The number of carbonyl (C=O) groups is 1. The summed E-state index contributed by atoms with van der Waals surface area (Å²) >= 11 is 0. The quantitative estimate of drug-likeness (QED) is 0.696.